The van der Waals surface area contributed by atoms with E-state index in [0.29, 0.717) is 16.7 Å². The van der Waals surface area contributed by atoms with Crippen LogP contribution in [0.15, 0.2) is 39.7 Å². The molecule has 84 valence electrons. The van der Waals surface area contributed by atoms with E-state index in [-0.39, 0.29) is 11.5 Å². The zero-order valence-electron chi connectivity index (χ0n) is 9.40. The lowest BCUT2D eigenvalue weighted by atomic mass is 10.2. The monoisotopic (exact) mass is 218 g/mol. The summed E-state index contributed by atoms with van der Waals surface area (Å²) in [5, 5.41) is 0.559. The second-order valence-electron chi connectivity index (χ2n) is 3.78. The molecule has 3 heteroatoms. The van der Waals surface area contributed by atoms with Gasteiger partial charge in [-0.05, 0) is 31.5 Å². The highest BCUT2D eigenvalue weighted by Crippen LogP contribution is 2.19. The first-order valence-electron chi connectivity index (χ1n) is 5.39. The van der Waals surface area contributed by atoms with E-state index in [1.54, 1.807) is 12.1 Å². The van der Waals surface area contributed by atoms with Crippen LogP contribution in [-0.2, 0) is 0 Å². The van der Waals surface area contributed by atoms with E-state index in [1.807, 2.05) is 13.0 Å². The summed E-state index contributed by atoms with van der Waals surface area (Å²) in [6.45, 7) is 4.05. The normalized spacial score (nSPS) is 12.6. The van der Waals surface area contributed by atoms with Crippen LogP contribution < -0.4 is 10.2 Å². The minimum Gasteiger partial charge on any atom is -0.491 e. The van der Waals surface area contributed by atoms with Gasteiger partial charge in [-0.3, -0.25) is 4.79 Å². The van der Waals surface area contributed by atoms with Crippen LogP contribution in [0.2, 0.25) is 0 Å². The Morgan fingerprint density at radius 1 is 1.38 bits per heavy atom. The standard InChI is InChI=1S/C13H14O3/c1-3-9(2)16-10-4-5-13-11(8-10)12(14)6-7-15-13/h4-9H,3H2,1-2H3. The third kappa shape index (κ3) is 2.08. The van der Waals surface area contributed by atoms with Gasteiger partial charge in [0.1, 0.15) is 11.3 Å². The Bertz CT molecular complexity index is 542. The lowest BCUT2D eigenvalue weighted by Gasteiger charge is -2.12. The van der Waals surface area contributed by atoms with E-state index in [0.717, 1.165) is 6.42 Å². The zero-order valence-corrected chi connectivity index (χ0v) is 9.40. The van der Waals surface area contributed by atoms with Gasteiger partial charge in [0, 0.05) is 6.07 Å². The summed E-state index contributed by atoms with van der Waals surface area (Å²) in [5.74, 6) is 0.709. The molecule has 3 nitrogen and oxygen atoms in total. The second kappa shape index (κ2) is 4.39. The first-order chi connectivity index (χ1) is 7.70. The fourth-order valence-corrected chi connectivity index (χ4v) is 1.45. The van der Waals surface area contributed by atoms with Crippen LogP contribution in [0.5, 0.6) is 5.75 Å². The predicted molar refractivity (Wildman–Crippen MR) is 62.9 cm³/mol. The van der Waals surface area contributed by atoms with E-state index in [1.165, 1.54) is 12.3 Å². The molecule has 0 saturated carbocycles. The highest BCUT2D eigenvalue weighted by atomic mass is 16.5. The summed E-state index contributed by atoms with van der Waals surface area (Å²) in [6.07, 6.45) is 2.48. The third-order valence-electron chi connectivity index (χ3n) is 2.54. The molecule has 0 aliphatic heterocycles. The summed E-state index contributed by atoms with van der Waals surface area (Å²) < 4.78 is 10.9. The van der Waals surface area contributed by atoms with Gasteiger partial charge in [-0.15, -0.1) is 0 Å². The van der Waals surface area contributed by atoms with Crippen LogP contribution >= 0.6 is 0 Å². The number of ether oxygens (including phenoxy) is 1. The average molecular weight is 218 g/mol. The van der Waals surface area contributed by atoms with Crippen molar-refractivity contribution in [3.63, 3.8) is 0 Å². The average Bonchev–Trinajstić information content (AvgIpc) is 2.30. The van der Waals surface area contributed by atoms with Crippen molar-refractivity contribution in [1.29, 1.82) is 0 Å². The molecule has 1 heterocycles. The molecule has 0 aliphatic rings. The van der Waals surface area contributed by atoms with E-state index in [4.69, 9.17) is 9.15 Å². The molecule has 0 saturated heterocycles. The van der Waals surface area contributed by atoms with Crippen LogP contribution in [0.4, 0.5) is 0 Å². The van der Waals surface area contributed by atoms with E-state index in [9.17, 15) is 4.79 Å². The molecule has 1 unspecified atom stereocenters. The molecule has 0 radical (unpaired) electrons. The largest absolute Gasteiger partial charge is 0.491 e. The molecular weight excluding hydrogens is 204 g/mol. The maximum atomic E-state index is 11.6. The second-order valence-corrected chi connectivity index (χ2v) is 3.78. The van der Waals surface area contributed by atoms with Crippen LogP contribution in [0.25, 0.3) is 11.0 Å². The maximum absolute atomic E-state index is 11.6. The molecular formula is C13H14O3. The van der Waals surface area contributed by atoms with Crippen LogP contribution in [0.3, 0.4) is 0 Å². The van der Waals surface area contributed by atoms with Gasteiger partial charge in [0.15, 0.2) is 5.43 Å². The predicted octanol–water partition coefficient (Wildman–Crippen LogP) is 2.97. The fraction of sp³-hybridized carbons (Fsp3) is 0.308. The number of hydrogen-bond donors (Lipinski definition) is 0. The number of benzene rings is 1. The van der Waals surface area contributed by atoms with Gasteiger partial charge < -0.3 is 9.15 Å². The smallest absolute Gasteiger partial charge is 0.192 e. The summed E-state index contributed by atoms with van der Waals surface area (Å²) in [4.78, 5) is 11.6. The van der Waals surface area contributed by atoms with Gasteiger partial charge in [-0.2, -0.15) is 0 Å². The van der Waals surface area contributed by atoms with Crippen LogP contribution in [0, 0.1) is 0 Å². The Morgan fingerprint density at radius 2 is 2.19 bits per heavy atom. The van der Waals surface area contributed by atoms with E-state index in [2.05, 4.69) is 6.92 Å². The first kappa shape index (κ1) is 10.7. The SMILES string of the molecule is CCC(C)Oc1ccc2occc(=O)c2c1. The van der Waals surface area contributed by atoms with Gasteiger partial charge in [0.05, 0.1) is 17.8 Å². The van der Waals surface area contributed by atoms with Gasteiger partial charge in [0.25, 0.3) is 0 Å². The van der Waals surface area contributed by atoms with E-state index >= 15 is 0 Å². The zero-order chi connectivity index (χ0) is 11.5. The molecule has 0 aliphatic carbocycles. The highest BCUT2D eigenvalue weighted by Gasteiger charge is 2.04. The van der Waals surface area contributed by atoms with Gasteiger partial charge in [-0.1, -0.05) is 6.92 Å². The summed E-state index contributed by atoms with van der Waals surface area (Å²) in [7, 11) is 0. The van der Waals surface area contributed by atoms with Crippen molar-refractivity contribution in [2.75, 3.05) is 0 Å². The van der Waals surface area contributed by atoms with Crippen molar-refractivity contribution in [3.8, 4) is 5.75 Å². The van der Waals surface area contributed by atoms with Crippen molar-refractivity contribution in [3.05, 3.63) is 40.8 Å². The lowest BCUT2D eigenvalue weighted by molar-refractivity contribution is 0.217. The Balaban J connectivity index is 2.43. The molecule has 0 spiro atoms. The number of fused-ring (bicyclic) bond motifs is 1. The maximum Gasteiger partial charge on any atom is 0.192 e. The van der Waals surface area contributed by atoms with Crippen molar-refractivity contribution in [2.45, 2.75) is 26.4 Å². The summed E-state index contributed by atoms with van der Waals surface area (Å²) in [6, 6.07) is 6.72. The first-order valence-corrected chi connectivity index (χ1v) is 5.39. The third-order valence-corrected chi connectivity index (χ3v) is 2.54. The molecule has 0 amide bonds. The molecule has 0 N–H and O–H groups in total. The Hall–Kier alpha value is -1.77. The summed E-state index contributed by atoms with van der Waals surface area (Å²) in [5.41, 5.74) is 0.542. The molecule has 1 atom stereocenters. The van der Waals surface area contributed by atoms with Crippen molar-refractivity contribution < 1.29 is 9.15 Å². The van der Waals surface area contributed by atoms with Crippen molar-refractivity contribution in [1.82, 2.24) is 0 Å². The number of hydrogen-bond acceptors (Lipinski definition) is 3. The molecule has 1 aromatic heterocycles. The minimum absolute atomic E-state index is 0.0455. The molecule has 16 heavy (non-hydrogen) atoms. The summed E-state index contributed by atoms with van der Waals surface area (Å²) >= 11 is 0. The number of rotatable bonds is 3. The Kier molecular flexibility index (Phi) is 2.95. The topological polar surface area (TPSA) is 39.4 Å². The molecule has 1 aromatic carbocycles. The highest BCUT2D eigenvalue weighted by molar-refractivity contribution is 5.77. The van der Waals surface area contributed by atoms with Crippen molar-refractivity contribution in [2.24, 2.45) is 0 Å². The van der Waals surface area contributed by atoms with Gasteiger partial charge in [-0.25, -0.2) is 0 Å². The fourth-order valence-electron chi connectivity index (χ4n) is 1.45. The van der Waals surface area contributed by atoms with Gasteiger partial charge in [0.2, 0.25) is 0 Å². The minimum atomic E-state index is -0.0455. The lowest BCUT2D eigenvalue weighted by Crippen LogP contribution is -2.10. The Morgan fingerprint density at radius 3 is 2.94 bits per heavy atom. The van der Waals surface area contributed by atoms with Gasteiger partial charge >= 0.3 is 0 Å². The Labute approximate surface area is 93.7 Å². The van der Waals surface area contributed by atoms with E-state index < -0.39 is 0 Å². The molecule has 0 fully saturated rings. The molecule has 2 rings (SSSR count). The van der Waals surface area contributed by atoms with Crippen molar-refractivity contribution >= 4 is 11.0 Å². The molecule has 2 aromatic rings. The van der Waals surface area contributed by atoms with Crippen LogP contribution in [-0.4, -0.2) is 6.10 Å². The molecule has 0 bridgehead atoms. The quantitative estimate of drug-likeness (QED) is 0.795. The van der Waals surface area contributed by atoms with Crippen LogP contribution in [0.1, 0.15) is 20.3 Å².